The number of rotatable bonds is 3. The first-order valence-electron chi connectivity index (χ1n) is 7.87. The summed E-state index contributed by atoms with van der Waals surface area (Å²) in [5.74, 6) is -0.611. The predicted octanol–water partition coefficient (Wildman–Crippen LogP) is 2.39. The molecule has 1 fully saturated rings. The van der Waals surface area contributed by atoms with Gasteiger partial charge in [-0.2, -0.15) is 5.10 Å². The van der Waals surface area contributed by atoms with Crippen molar-refractivity contribution in [2.45, 2.75) is 38.3 Å². The zero-order valence-electron chi connectivity index (χ0n) is 13.0. The van der Waals surface area contributed by atoms with Crippen LogP contribution in [-0.2, 0) is 0 Å². The van der Waals surface area contributed by atoms with E-state index in [9.17, 15) is 14.3 Å². The van der Waals surface area contributed by atoms with Crippen LogP contribution in [0.1, 0.15) is 36.7 Å². The lowest BCUT2D eigenvalue weighted by atomic mass is 9.98. The Morgan fingerprint density at radius 3 is 2.87 bits per heavy atom. The summed E-state index contributed by atoms with van der Waals surface area (Å²) in [7, 11) is 0. The molecule has 2 unspecified atom stereocenters. The average molecular weight is 317 g/mol. The Hall–Kier alpha value is -2.21. The number of hydrogen-bond donors (Lipinski definition) is 1. The van der Waals surface area contributed by atoms with Crippen LogP contribution in [0.5, 0.6) is 0 Å². The number of para-hydroxylation sites is 1. The molecule has 1 aromatic heterocycles. The number of carbonyl (C=O) groups excluding carboxylic acids is 1. The summed E-state index contributed by atoms with van der Waals surface area (Å²) in [4.78, 5) is 14.4. The number of amides is 1. The molecule has 1 aromatic carbocycles. The fourth-order valence-corrected chi connectivity index (χ4v) is 3.07. The van der Waals surface area contributed by atoms with Gasteiger partial charge in [0.05, 0.1) is 12.1 Å². The van der Waals surface area contributed by atoms with E-state index < -0.39 is 11.9 Å². The number of halogens is 1. The van der Waals surface area contributed by atoms with Gasteiger partial charge in [0.2, 0.25) is 0 Å². The zero-order chi connectivity index (χ0) is 16.4. The van der Waals surface area contributed by atoms with Crippen LogP contribution in [0.3, 0.4) is 0 Å². The van der Waals surface area contributed by atoms with Gasteiger partial charge in [-0.3, -0.25) is 4.79 Å². The number of carbonyl (C=O) groups is 1. The van der Waals surface area contributed by atoms with E-state index in [-0.39, 0.29) is 17.6 Å². The fraction of sp³-hybridized carbons (Fsp3) is 0.412. The van der Waals surface area contributed by atoms with Crippen LogP contribution < -0.4 is 0 Å². The number of aliphatic hydroxyl groups is 1. The number of aliphatic hydroxyl groups excluding tert-OH is 1. The largest absolute Gasteiger partial charge is 0.391 e. The van der Waals surface area contributed by atoms with E-state index in [1.54, 1.807) is 42.3 Å². The van der Waals surface area contributed by atoms with Gasteiger partial charge in [-0.1, -0.05) is 12.1 Å². The first-order chi connectivity index (χ1) is 11.1. The predicted molar refractivity (Wildman–Crippen MR) is 83.9 cm³/mol. The fourth-order valence-electron chi connectivity index (χ4n) is 3.07. The van der Waals surface area contributed by atoms with Crippen LogP contribution in [0.4, 0.5) is 4.39 Å². The highest BCUT2D eigenvalue weighted by molar-refractivity contribution is 5.92. The molecule has 23 heavy (non-hydrogen) atoms. The number of likely N-dealkylation sites (tertiary alicyclic amines) is 1. The molecule has 5 nitrogen and oxygen atoms in total. The maximum Gasteiger partial charge on any atom is 0.274 e. The molecule has 0 spiro atoms. The molecule has 122 valence electrons. The van der Waals surface area contributed by atoms with Crippen LogP contribution in [0.15, 0.2) is 36.5 Å². The molecule has 1 N–H and O–H groups in total. The minimum Gasteiger partial charge on any atom is -0.391 e. The molecule has 2 atom stereocenters. The monoisotopic (exact) mass is 317 g/mol. The van der Waals surface area contributed by atoms with E-state index in [0.717, 1.165) is 19.3 Å². The quantitative estimate of drug-likeness (QED) is 0.945. The van der Waals surface area contributed by atoms with E-state index in [1.807, 2.05) is 0 Å². The van der Waals surface area contributed by atoms with Gasteiger partial charge in [-0.25, -0.2) is 9.07 Å². The number of nitrogens with zero attached hydrogens (tertiary/aromatic N) is 3. The molecular formula is C17H20FN3O2. The maximum atomic E-state index is 13.8. The Morgan fingerprint density at radius 2 is 2.13 bits per heavy atom. The lowest BCUT2D eigenvalue weighted by Gasteiger charge is -2.37. The Bertz CT molecular complexity index is 699. The molecule has 1 saturated heterocycles. The summed E-state index contributed by atoms with van der Waals surface area (Å²) in [6, 6.07) is 7.69. The second-order valence-corrected chi connectivity index (χ2v) is 5.90. The summed E-state index contributed by atoms with van der Waals surface area (Å²) < 4.78 is 15.2. The van der Waals surface area contributed by atoms with Gasteiger partial charge in [0, 0.05) is 12.7 Å². The molecule has 0 bridgehead atoms. The van der Waals surface area contributed by atoms with Gasteiger partial charge >= 0.3 is 0 Å². The summed E-state index contributed by atoms with van der Waals surface area (Å²) >= 11 is 0. The molecule has 1 amide bonds. The van der Waals surface area contributed by atoms with Crippen molar-refractivity contribution in [1.82, 2.24) is 14.7 Å². The van der Waals surface area contributed by atoms with Crippen molar-refractivity contribution in [3.63, 3.8) is 0 Å². The third-order valence-corrected chi connectivity index (χ3v) is 4.27. The van der Waals surface area contributed by atoms with E-state index in [1.165, 1.54) is 10.7 Å². The highest BCUT2D eigenvalue weighted by Gasteiger charge is 2.31. The van der Waals surface area contributed by atoms with Crippen LogP contribution >= 0.6 is 0 Å². The van der Waals surface area contributed by atoms with Crippen molar-refractivity contribution in [2.75, 3.05) is 6.54 Å². The van der Waals surface area contributed by atoms with E-state index in [2.05, 4.69) is 5.10 Å². The number of aromatic nitrogens is 2. The molecule has 2 heterocycles. The highest BCUT2D eigenvalue weighted by Crippen LogP contribution is 2.22. The van der Waals surface area contributed by atoms with Crippen LogP contribution in [0, 0.1) is 5.82 Å². The summed E-state index contributed by atoms with van der Waals surface area (Å²) in [6.07, 6.45) is 3.71. The molecule has 0 radical (unpaired) electrons. The van der Waals surface area contributed by atoms with Crippen molar-refractivity contribution in [2.24, 2.45) is 0 Å². The zero-order valence-corrected chi connectivity index (χ0v) is 13.0. The molecule has 0 saturated carbocycles. The van der Waals surface area contributed by atoms with Crippen LogP contribution in [-0.4, -0.2) is 44.4 Å². The van der Waals surface area contributed by atoms with Crippen molar-refractivity contribution < 1.29 is 14.3 Å². The van der Waals surface area contributed by atoms with Gasteiger partial charge < -0.3 is 10.0 Å². The van der Waals surface area contributed by atoms with Crippen molar-refractivity contribution in [1.29, 1.82) is 0 Å². The molecular weight excluding hydrogens is 297 g/mol. The number of benzene rings is 1. The first kappa shape index (κ1) is 15.7. The van der Waals surface area contributed by atoms with Gasteiger partial charge in [-0.15, -0.1) is 0 Å². The van der Waals surface area contributed by atoms with Crippen molar-refractivity contribution in [3.05, 3.63) is 48.0 Å². The lowest BCUT2D eigenvalue weighted by Crippen LogP contribution is -2.49. The summed E-state index contributed by atoms with van der Waals surface area (Å²) in [6.45, 7) is 2.31. The third-order valence-electron chi connectivity index (χ3n) is 4.27. The summed E-state index contributed by atoms with van der Waals surface area (Å²) in [5, 5.41) is 14.1. The molecule has 1 aliphatic heterocycles. The van der Waals surface area contributed by atoms with Crippen molar-refractivity contribution in [3.8, 4) is 5.69 Å². The molecule has 1 aliphatic rings. The Labute approximate surface area is 134 Å². The minimum atomic E-state index is -0.576. The van der Waals surface area contributed by atoms with Gasteiger partial charge in [0.1, 0.15) is 11.5 Å². The minimum absolute atomic E-state index is 0.185. The second kappa shape index (κ2) is 6.50. The van der Waals surface area contributed by atoms with Crippen LogP contribution in [0.2, 0.25) is 0 Å². The molecule has 6 heteroatoms. The van der Waals surface area contributed by atoms with Gasteiger partial charge in [0.15, 0.2) is 5.69 Å². The normalized spacial score (nSPS) is 19.6. The topological polar surface area (TPSA) is 58.4 Å². The lowest BCUT2D eigenvalue weighted by molar-refractivity contribution is 0.0276. The molecule has 3 rings (SSSR count). The molecule has 2 aromatic rings. The van der Waals surface area contributed by atoms with E-state index in [4.69, 9.17) is 0 Å². The van der Waals surface area contributed by atoms with Gasteiger partial charge in [0.25, 0.3) is 5.91 Å². The average Bonchev–Trinajstić information content (AvgIpc) is 3.04. The van der Waals surface area contributed by atoms with Crippen LogP contribution in [0.25, 0.3) is 5.69 Å². The Kier molecular flexibility index (Phi) is 4.43. The SMILES string of the molecule is CC(O)C1CCCCN1C(=O)c1ccn(-c2ccccc2F)n1. The van der Waals surface area contributed by atoms with E-state index >= 15 is 0 Å². The second-order valence-electron chi connectivity index (χ2n) is 5.90. The summed E-state index contributed by atoms with van der Waals surface area (Å²) in [5.41, 5.74) is 0.568. The van der Waals surface area contributed by atoms with E-state index in [0.29, 0.717) is 12.2 Å². The highest BCUT2D eigenvalue weighted by atomic mass is 19.1. The van der Waals surface area contributed by atoms with Crippen molar-refractivity contribution >= 4 is 5.91 Å². The molecule has 0 aliphatic carbocycles. The number of hydrogen-bond acceptors (Lipinski definition) is 3. The van der Waals surface area contributed by atoms with Gasteiger partial charge in [-0.05, 0) is 44.4 Å². The number of piperidine rings is 1. The first-order valence-corrected chi connectivity index (χ1v) is 7.87. The standard InChI is InChI=1S/C17H20FN3O2/c1-12(22)15-7-4-5-10-20(15)17(23)14-9-11-21(19-14)16-8-3-2-6-13(16)18/h2-3,6,8-9,11-12,15,22H,4-5,7,10H2,1H3. The maximum absolute atomic E-state index is 13.8. The Balaban J connectivity index is 1.85. The third kappa shape index (κ3) is 3.12. The Morgan fingerprint density at radius 1 is 1.35 bits per heavy atom. The smallest absolute Gasteiger partial charge is 0.274 e.